The summed E-state index contributed by atoms with van der Waals surface area (Å²) in [5, 5.41) is 0.763. The molecule has 1 aliphatic rings. The zero-order chi connectivity index (χ0) is 12.4. The molecule has 90 valence electrons. The molecule has 0 radical (unpaired) electrons. The Bertz CT molecular complexity index is 461. The number of likely N-dealkylation sites (N-methyl/N-ethyl adjacent to an activating group) is 1. The first kappa shape index (κ1) is 12.1. The third kappa shape index (κ3) is 2.49. The summed E-state index contributed by atoms with van der Waals surface area (Å²) in [6, 6.07) is 7.84. The predicted molar refractivity (Wildman–Crippen MR) is 65.8 cm³/mol. The van der Waals surface area contributed by atoms with Crippen LogP contribution in [-0.4, -0.2) is 30.1 Å². The van der Waals surface area contributed by atoms with E-state index in [1.165, 1.54) is 7.05 Å². The van der Waals surface area contributed by atoms with Crippen LogP contribution in [0.5, 0.6) is 0 Å². The highest BCUT2D eigenvalue weighted by atomic mass is 79.9. The SMILES string of the molecule is CN1C(=O)OC(Cc2cccc(CBr)c2)C1=O. The minimum Gasteiger partial charge on any atom is -0.435 e. The van der Waals surface area contributed by atoms with Crippen molar-refractivity contribution in [2.45, 2.75) is 17.9 Å². The molecule has 1 aromatic carbocycles. The first-order valence-electron chi connectivity index (χ1n) is 5.24. The second kappa shape index (κ2) is 4.87. The molecule has 1 atom stereocenters. The number of hydrogen-bond donors (Lipinski definition) is 0. The van der Waals surface area contributed by atoms with Crippen LogP contribution in [0, 0.1) is 0 Å². The van der Waals surface area contributed by atoms with Crippen LogP contribution in [-0.2, 0) is 21.3 Å². The van der Waals surface area contributed by atoms with Crippen LogP contribution in [0.1, 0.15) is 11.1 Å². The lowest BCUT2D eigenvalue weighted by Gasteiger charge is -2.07. The molecule has 1 aromatic rings. The van der Waals surface area contributed by atoms with Gasteiger partial charge in [-0.25, -0.2) is 9.69 Å². The Morgan fingerprint density at radius 3 is 2.65 bits per heavy atom. The molecule has 2 amide bonds. The fourth-order valence-electron chi connectivity index (χ4n) is 1.74. The van der Waals surface area contributed by atoms with E-state index in [-0.39, 0.29) is 5.91 Å². The van der Waals surface area contributed by atoms with Crippen LogP contribution in [0.2, 0.25) is 0 Å². The number of hydrogen-bond acceptors (Lipinski definition) is 3. The van der Waals surface area contributed by atoms with Crippen molar-refractivity contribution in [3.63, 3.8) is 0 Å². The highest BCUT2D eigenvalue weighted by Gasteiger charge is 2.37. The van der Waals surface area contributed by atoms with E-state index >= 15 is 0 Å². The number of benzene rings is 1. The highest BCUT2D eigenvalue weighted by molar-refractivity contribution is 9.08. The largest absolute Gasteiger partial charge is 0.435 e. The molecular weight excluding hydrogens is 286 g/mol. The van der Waals surface area contributed by atoms with E-state index in [1.54, 1.807) is 0 Å². The Morgan fingerprint density at radius 2 is 2.06 bits per heavy atom. The standard InChI is InChI=1S/C12H12BrNO3/c1-14-11(15)10(17-12(14)16)6-8-3-2-4-9(5-8)7-13/h2-5,10H,6-7H2,1H3. The number of rotatable bonds is 3. The molecule has 0 N–H and O–H groups in total. The summed E-state index contributed by atoms with van der Waals surface area (Å²) in [6.07, 6.45) is -0.829. The summed E-state index contributed by atoms with van der Waals surface area (Å²) in [7, 11) is 1.43. The average Bonchev–Trinajstić information content (AvgIpc) is 2.57. The zero-order valence-corrected chi connectivity index (χ0v) is 10.9. The topological polar surface area (TPSA) is 46.6 Å². The summed E-state index contributed by atoms with van der Waals surface area (Å²) in [5.41, 5.74) is 2.12. The number of alkyl halides is 1. The maximum absolute atomic E-state index is 11.6. The van der Waals surface area contributed by atoms with E-state index in [2.05, 4.69) is 15.9 Å². The van der Waals surface area contributed by atoms with Gasteiger partial charge in [0.25, 0.3) is 5.91 Å². The second-order valence-electron chi connectivity index (χ2n) is 3.93. The van der Waals surface area contributed by atoms with Gasteiger partial charge in [-0.1, -0.05) is 40.2 Å². The highest BCUT2D eigenvalue weighted by Crippen LogP contribution is 2.17. The van der Waals surface area contributed by atoms with Crippen molar-refractivity contribution in [2.75, 3.05) is 7.05 Å². The lowest BCUT2D eigenvalue weighted by molar-refractivity contribution is -0.128. The van der Waals surface area contributed by atoms with Gasteiger partial charge in [0.2, 0.25) is 0 Å². The molecule has 1 unspecified atom stereocenters. The number of carbonyl (C=O) groups excluding carboxylic acids is 2. The number of amides is 2. The molecule has 1 aliphatic heterocycles. The third-order valence-corrected chi connectivity index (χ3v) is 3.34. The van der Waals surface area contributed by atoms with Crippen LogP contribution < -0.4 is 0 Å². The quantitative estimate of drug-likeness (QED) is 0.803. The van der Waals surface area contributed by atoms with E-state index in [4.69, 9.17) is 4.74 Å². The van der Waals surface area contributed by atoms with Crippen molar-refractivity contribution < 1.29 is 14.3 Å². The van der Waals surface area contributed by atoms with Gasteiger partial charge in [-0.3, -0.25) is 4.79 Å². The number of imide groups is 1. The summed E-state index contributed by atoms with van der Waals surface area (Å²) in [4.78, 5) is 23.8. The van der Waals surface area contributed by atoms with Gasteiger partial charge in [-0.2, -0.15) is 0 Å². The van der Waals surface area contributed by atoms with Gasteiger partial charge in [0.1, 0.15) is 0 Å². The Hall–Kier alpha value is -1.36. The molecule has 2 rings (SSSR count). The van der Waals surface area contributed by atoms with Gasteiger partial charge in [-0.05, 0) is 11.1 Å². The maximum Gasteiger partial charge on any atom is 0.417 e. The molecule has 0 saturated carbocycles. The molecule has 4 nitrogen and oxygen atoms in total. The minimum atomic E-state index is -0.682. The molecule has 1 heterocycles. The summed E-state index contributed by atoms with van der Waals surface area (Å²) in [6.45, 7) is 0. The number of ether oxygens (including phenoxy) is 1. The lowest BCUT2D eigenvalue weighted by atomic mass is 10.1. The van der Waals surface area contributed by atoms with Gasteiger partial charge < -0.3 is 4.74 Å². The average molecular weight is 298 g/mol. The molecule has 0 aromatic heterocycles. The minimum absolute atomic E-state index is 0.278. The van der Waals surface area contributed by atoms with Crippen molar-refractivity contribution >= 4 is 27.9 Å². The van der Waals surface area contributed by atoms with Crippen molar-refractivity contribution in [1.29, 1.82) is 0 Å². The lowest BCUT2D eigenvalue weighted by Crippen LogP contribution is -2.28. The summed E-state index contributed by atoms with van der Waals surface area (Å²) >= 11 is 3.37. The van der Waals surface area contributed by atoms with Crippen molar-refractivity contribution in [3.8, 4) is 0 Å². The number of cyclic esters (lactones) is 1. The first-order valence-corrected chi connectivity index (χ1v) is 6.36. The third-order valence-electron chi connectivity index (χ3n) is 2.69. The number of carbonyl (C=O) groups is 2. The zero-order valence-electron chi connectivity index (χ0n) is 9.35. The van der Waals surface area contributed by atoms with E-state index < -0.39 is 12.2 Å². The molecule has 0 spiro atoms. The Kier molecular flexibility index (Phi) is 3.47. The van der Waals surface area contributed by atoms with Crippen LogP contribution in [0.25, 0.3) is 0 Å². The van der Waals surface area contributed by atoms with Crippen molar-refractivity contribution in [1.82, 2.24) is 4.90 Å². The van der Waals surface area contributed by atoms with Crippen LogP contribution >= 0.6 is 15.9 Å². The van der Waals surface area contributed by atoms with Crippen LogP contribution in [0.4, 0.5) is 4.79 Å². The van der Waals surface area contributed by atoms with Gasteiger partial charge in [0.15, 0.2) is 6.10 Å². The molecule has 1 fully saturated rings. The Labute approximate surface area is 108 Å². The Balaban J connectivity index is 2.11. The number of nitrogens with zero attached hydrogens (tertiary/aromatic N) is 1. The fourth-order valence-corrected chi connectivity index (χ4v) is 2.09. The molecule has 1 saturated heterocycles. The van der Waals surface area contributed by atoms with E-state index in [0.717, 1.165) is 21.4 Å². The van der Waals surface area contributed by atoms with Crippen LogP contribution in [0.3, 0.4) is 0 Å². The molecule has 17 heavy (non-hydrogen) atoms. The molecule has 0 aliphatic carbocycles. The van der Waals surface area contributed by atoms with Gasteiger partial charge in [-0.15, -0.1) is 0 Å². The fraction of sp³-hybridized carbons (Fsp3) is 0.333. The van der Waals surface area contributed by atoms with Crippen LogP contribution in [0.15, 0.2) is 24.3 Å². The monoisotopic (exact) mass is 297 g/mol. The normalized spacial score (nSPS) is 19.6. The first-order chi connectivity index (χ1) is 8.11. The maximum atomic E-state index is 11.6. The van der Waals surface area contributed by atoms with E-state index in [1.807, 2.05) is 24.3 Å². The van der Waals surface area contributed by atoms with Crippen molar-refractivity contribution in [2.24, 2.45) is 0 Å². The predicted octanol–water partition coefficient (Wildman–Crippen LogP) is 2.10. The molecule has 5 heteroatoms. The summed E-state index contributed by atoms with van der Waals surface area (Å²) in [5.74, 6) is -0.278. The smallest absolute Gasteiger partial charge is 0.417 e. The van der Waals surface area contributed by atoms with E-state index in [0.29, 0.717) is 6.42 Å². The second-order valence-corrected chi connectivity index (χ2v) is 4.49. The molecular formula is C12H12BrNO3. The van der Waals surface area contributed by atoms with Gasteiger partial charge in [0.05, 0.1) is 0 Å². The van der Waals surface area contributed by atoms with Crippen molar-refractivity contribution in [3.05, 3.63) is 35.4 Å². The summed E-state index contributed by atoms with van der Waals surface area (Å²) < 4.78 is 4.99. The Morgan fingerprint density at radius 1 is 1.35 bits per heavy atom. The van der Waals surface area contributed by atoms with Gasteiger partial charge >= 0.3 is 6.09 Å². The van der Waals surface area contributed by atoms with Gasteiger partial charge in [0, 0.05) is 18.8 Å². The number of halogens is 1. The van der Waals surface area contributed by atoms with E-state index in [9.17, 15) is 9.59 Å². The molecule has 0 bridgehead atoms.